The number of fused-ring (bicyclic) bond motifs is 1. The van der Waals surface area contributed by atoms with Crippen LogP contribution in [0, 0.1) is 0 Å². The number of carboxylic acid groups (broad SMARTS) is 1. The fourth-order valence-electron chi connectivity index (χ4n) is 3.00. The summed E-state index contributed by atoms with van der Waals surface area (Å²) >= 11 is -1.13. The molecule has 0 spiro atoms. The molecule has 122 valence electrons. The fraction of sp³-hybridized carbons (Fsp3) is 0.588. The smallest absolute Gasteiger partial charge is 0.335 e. The molecule has 0 heterocycles. The standard InChI is InChI=1S/C17H25NO3S/c1-5-11-12-7-6-8-15(18-22(21)17(2,3)4)13(12)9-10-14(11)16(19)20/h9-10,15,18H,5-8H2,1-4H3,(H,19,20)/t15-,22?/m1/s1. The van der Waals surface area contributed by atoms with Crippen molar-refractivity contribution in [1.29, 1.82) is 0 Å². The van der Waals surface area contributed by atoms with Gasteiger partial charge in [-0.25, -0.2) is 4.79 Å². The van der Waals surface area contributed by atoms with Gasteiger partial charge in [-0.1, -0.05) is 13.0 Å². The fourth-order valence-corrected chi connectivity index (χ4v) is 3.86. The summed E-state index contributed by atoms with van der Waals surface area (Å²) in [5.41, 5.74) is 3.58. The number of aromatic carboxylic acids is 1. The molecule has 1 aromatic rings. The lowest BCUT2D eigenvalue weighted by atomic mass is 9.82. The summed E-state index contributed by atoms with van der Waals surface area (Å²) < 4.78 is 15.3. The van der Waals surface area contributed by atoms with Gasteiger partial charge in [-0.3, -0.25) is 0 Å². The average molecular weight is 323 g/mol. The first-order valence-electron chi connectivity index (χ1n) is 7.81. The van der Waals surface area contributed by atoms with Crippen LogP contribution >= 0.6 is 0 Å². The van der Waals surface area contributed by atoms with E-state index in [0.29, 0.717) is 12.0 Å². The van der Waals surface area contributed by atoms with Crippen LogP contribution in [0.15, 0.2) is 12.1 Å². The maximum atomic E-state index is 12.4. The molecule has 0 saturated heterocycles. The maximum absolute atomic E-state index is 12.4. The van der Waals surface area contributed by atoms with E-state index >= 15 is 0 Å². The quantitative estimate of drug-likeness (QED) is 0.833. The van der Waals surface area contributed by atoms with E-state index in [1.54, 1.807) is 6.07 Å². The molecule has 1 unspecified atom stereocenters. The normalized spacial score (nSPS) is 19.6. The van der Waals surface area contributed by atoms with E-state index in [1.807, 2.05) is 33.8 Å². The molecule has 0 fully saturated rings. The van der Waals surface area contributed by atoms with Crippen molar-refractivity contribution >= 4 is 17.3 Å². The Morgan fingerprint density at radius 2 is 2.14 bits per heavy atom. The van der Waals surface area contributed by atoms with Crippen LogP contribution < -0.4 is 4.72 Å². The van der Waals surface area contributed by atoms with Gasteiger partial charge in [0.25, 0.3) is 0 Å². The molecule has 0 radical (unpaired) electrons. The molecule has 4 nitrogen and oxygen atoms in total. The van der Waals surface area contributed by atoms with Gasteiger partial charge in [-0.15, -0.1) is 4.72 Å². The van der Waals surface area contributed by atoms with Crippen molar-refractivity contribution in [3.05, 3.63) is 34.4 Å². The molecule has 2 N–H and O–H groups in total. The molecular formula is C17H25NO3S. The average Bonchev–Trinajstić information content (AvgIpc) is 2.45. The van der Waals surface area contributed by atoms with Gasteiger partial charge in [0.05, 0.1) is 11.6 Å². The van der Waals surface area contributed by atoms with Crippen molar-refractivity contribution in [2.45, 2.75) is 64.2 Å². The summed E-state index contributed by atoms with van der Waals surface area (Å²) in [6, 6.07) is 3.63. The lowest BCUT2D eigenvalue weighted by Gasteiger charge is -2.32. The second-order valence-electron chi connectivity index (χ2n) is 6.76. The highest BCUT2D eigenvalue weighted by Crippen LogP contribution is 2.35. The minimum atomic E-state index is -1.13. The van der Waals surface area contributed by atoms with Crippen molar-refractivity contribution in [1.82, 2.24) is 4.72 Å². The summed E-state index contributed by atoms with van der Waals surface area (Å²) in [7, 11) is 0. The lowest BCUT2D eigenvalue weighted by Crippen LogP contribution is -2.42. The van der Waals surface area contributed by atoms with Gasteiger partial charge in [-0.05, 0) is 69.2 Å². The van der Waals surface area contributed by atoms with Crippen LogP contribution in [0.2, 0.25) is 0 Å². The molecule has 1 aromatic carbocycles. The van der Waals surface area contributed by atoms with E-state index in [2.05, 4.69) is 4.72 Å². The van der Waals surface area contributed by atoms with Gasteiger partial charge in [0.15, 0.2) is 0 Å². The first-order chi connectivity index (χ1) is 10.3. The van der Waals surface area contributed by atoms with E-state index in [4.69, 9.17) is 0 Å². The van der Waals surface area contributed by atoms with Crippen LogP contribution in [-0.2, 0) is 24.2 Å². The summed E-state index contributed by atoms with van der Waals surface area (Å²) in [5.74, 6) is -0.868. The number of carboxylic acids is 1. The molecular weight excluding hydrogens is 298 g/mol. The second kappa shape index (κ2) is 6.60. The zero-order valence-corrected chi connectivity index (χ0v) is 14.5. The van der Waals surface area contributed by atoms with Crippen LogP contribution in [-0.4, -0.2) is 20.4 Å². The van der Waals surface area contributed by atoms with E-state index in [1.165, 1.54) is 0 Å². The van der Waals surface area contributed by atoms with Crippen LogP contribution in [0.4, 0.5) is 0 Å². The van der Waals surface area contributed by atoms with Crippen molar-refractivity contribution < 1.29 is 14.5 Å². The van der Waals surface area contributed by atoms with E-state index < -0.39 is 17.3 Å². The molecule has 5 heteroatoms. The number of carbonyl (C=O) groups is 1. The van der Waals surface area contributed by atoms with Crippen molar-refractivity contribution in [3.63, 3.8) is 0 Å². The lowest BCUT2D eigenvalue weighted by molar-refractivity contribution is 0.0695. The van der Waals surface area contributed by atoms with Gasteiger partial charge in [0.2, 0.25) is 0 Å². The third-order valence-corrected chi connectivity index (χ3v) is 5.76. The molecule has 2 rings (SSSR count). The molecule has 0 aliphatic heterocycles. The molecule has 1 aliphatic carbocycles. The zero-order valence-electron chi connectivity index (χ0n) is 13.7. The van der Waals surface area contributed by atoms with Crippen LogP contribution in [0.25, 0.3) is 0 Å². The van der Waals surface area contributed by atoms with Crippen LogP contribution in [0.1, 0.15) is 73.6 Å². The second-order valence-corrected chi connectivity index (χ2v) is 8.76. The molecule has 22 heavy (non-hydrogen) atoms. The number of benzene rings is 1. The Labute approximate surface area is 135 Å². The highest BCUT2D eigenvalue weighted by Gasteiger charge is 2.32. The number of hydrogen-bond donors (Lipinski definition) is 2. The zero-order chi connectivity index (χ0) is 16.5. The summed E-state index contributed by atoms with van der Waals surface area (Å²) in [6.07, 6.45) is 3.53. The molecule has 0 aromatic heterocycles. The first kappa shape index (κ1) is 17.3. The van der Waals surface area contributed by atoms with Gasteiger partial charge in [0, 0.05) is 11.4 Å². The summed E-state index contributed by atoms with van der Waals surface area (Å²) in [4.78, 5) is 11.4. The van der Waals surface area contributed by atoms with E-state index in [0.717, 1.165) is 36.0 Å². The van der Waals surface area contributed by atoms with E-state index in [-0.39, 0.29) is 10.8 Å². The Bertz CT molecular complexity index is 566. The van der Waals surface area contributed by atoms with Gasteiger partial charge in [-0.2, -0.15) is 0 Å². The minimum Gasteiger partial charge on any atom is -0.598 e. The van der Waals surface area contributed by atoms with Gasteiger partial charge < -0.3 is 9.66 Å². The maximum Gasteiger partial charge on any atom is 0.335 e. The number of nitrogens with one attached hydrogen (secondary N) is 1. The third-order valence-electron chi connectivity index (χ3n) is 4.15. The Hall–Kier alpha value is -1.04. The Kier molecular flexibility index (Phi) is 5.20. The molecule has 1 aliphatic rings. The number of hydrogen-bond acceptors (Lipinski definition) is 3. The van der Waals surface area contributed by atoms with Gasteiger partial charge >= 0.3 is 5.97 Å². The predicted octanol–water partition coefficient (Wildman–Crippen LogP) is 3.38. The first-order valence-corrected chi connectivity index (χ1v) is 8.96. The number of rotatable bonds is 4. The largest absolute Gasteiger partial charge is 0.598 e. The molecule has 0 bridgehead atoms. The topological polar surface area (TPSA) is 72.4 Å². The van der Waals surface area contributed by atoms with Crippen molar-refractivity contribution in [2.24, 2.45) is 0 Å². The highest BCUT2D eigenvalue weighted by atomic mass is 32.2. The Morgan fingerprint density at radius 1 is 1.45 bits per heavy atom. The highest BCUT2D eigenvalue weighted by molar-refractivity contribution is 7.90. The van der Waals surface area contributed by atoms with Crippen LogP contribution in [0.5, 0.6) is 0 Å². The Morgan fingerprint density at radius 3 is 2.68 bits per heavy atom. The third kappa shape index (κ3) is 3.47. The monoisotopic (exact) mass is 323 g/mol. The minimum absolute atomic E-state index is 0.0388. The van der Waals surface area contributed by atoms with Crippen molar-refractivity contribution in [3.8, 4) is 0 Å². The van der Waals surface area contributed by atoms with Gasteiger partial charge in [0.1, 0.15) is 4.75 Å². The predicted molar refractivity (Wildman–Crippen MR) is 89.5 cm³/mol. The van der Waals surface area contributed by atoms with Crippen LogP contribution in [0.3, 0.4) is 0 Å². The molecule has 0 saturated carbocycles. The van der Waals surface area contributed by atoms with E-state index in [9.17, 15) is 14.5 Å². The molecule has 2 atom stereocenters. The SMILES string of the molecule is CCc1c(C(=O)O)ccc2c1CCC[C@H]2N[S+]([O-])C(C)(C)C. The summed E-state index contributed by atoms with van der Waals surface area (Å²) in [6.45, 7) is 7.84. The Balaban J connectivity index is 2.37. The summed E-state index contributed by atoms with van der Waals surface area (Å²) in [5, 5.41) is 9.35. The van der Waals surface area contributed by atoms with Crippen molar-refractivity contribution in [2.75, 3.05) is 0 Å². The molecule has 0 amide bonds.